The van der Waals surface area contributed by atoms with E-state index in [4.69, 9.17) is 15.2 Å². The molecule has 2 aromatic heterocycles. The van der Waals surface area contributed by atoms with Gasteiger partial charge in [0.25, 0.3) is 0 Å². The van der Waals surface area contributed by atoms with Crippen LogP contribution in [0, 0.1) is 0 Å². The van der Waals surface area contributed by atoms with E-state index in [0.717, 1.165) is 12.6 Å². The van der Waals surface area contributed by atoms with E-state index in [1.165, 1.54) is 11.0 Å². The molecule has 2 saturated heterocycles. The largest absolute Gasteiger partial charge is 0.444 e. The van der Waals surface area contributed by atoms with Crippen LogP contribution in [-0.4, -0.2) is 64.5 Å². The maximum Gasteiger partial charge on any atom is 0.434 e. The summed E-state index contributed by atoms with van der Waals surface area (Å²) in [6.45, 7) is 5.53. The van der Waals surface area contributed by atoms with E-state index in [-0.39, 0.29) is 35.2 Å². The van der Waals surface area contributed by atoms with Crippen molar-refractivity contribution in [1.82, 2.24) is 19.9 Å². The summed E-state index contributed by atoms with van der Waals surface area (Å²) in [6.07, 6.45) is -3.31. The quantitative estimate of drug-likeness (QED) is 0.708. The van der Waals surface area contributed by atoms with Gasteiger partial charge in [0.1, 0.15) is 11.9 Å². The molecule has 33 heavy (non-hydrogen) atoms. The average molecular weight is 467 g/mol. The third kappa shape index (κ3) is 4.63. The van der Waals surface area contributed by atoms with Gasteiger partial charge in [0, 0.05) is 30.9 Å². The van der Waals surface area contributed by atoms with E-state index >= 15 is 0 Å². The lowest BCUT2D eigenvalue weighted by atomic mass is 10.1. The van der Waals surface area contributed by atoms with Crippen molar-refractivity contribution in [3.05, 3.63) is 18.0 Å². The molecule has 10 nitrogen and oxygen atoms in total. The number of alkyl halides is 3. The SMILES string of the molecule is CCCC1OC(=O)N(c2cc(-c3cnc(N)nc3C(F)(F)F)nc(N3CCOCC3)n2)C1C. The molecule has 0 saturated carbocycles. The van der Waals surface area contributed by atoms with Gasteiger partial charge in [0.2, 0.25) is 11.9 Å². The van der Waals surface area contributed by atoms with Crippen LogP contribution in [0.25, 0.3) is 11.3 Å². The number of amides is 1. The minimum absolute atomic E-state index is 0.0761. The number of cyclic esters (lactones) is 1. The Balaban J connectivity index is 1.85. The first kappa shape index (κ1) is 23.0. The van der Waals surface area contributed by atoms with Crippen LogP contribution in [0.1, 0.15) is 32.4 Å². The number of morpholine rings is 1. The number of hydrogen-bond donors (Lipinski definition) is 1. The van der Waals surface area contributed by atoms with Crippen molar-refractivity contribution >= 4 is 23.8 Å². The van der Waals surface area contributed by atoms with Gasteiger partial charge in [-0.25, -0.2) is 19.7 Å². The summed E-state index contributed by atoms with van der Waals surface area (Å²) in [5.41, 5.74) is 3.76. The molecule has 2 aromatic rings. The number of nitrogen functional groups attached to an aromatic ring is 1. The predicted octanol–water partition coefficient (Wildman–Crippen LogP) is 2.89. The molecule has 1 amide bonds. The Kier molecular flexibility index (Phi) is 6.23. The number of anilines is 3. The van der Waals surface area contributed by atoms with E-state index in [1.807, 2.05) is 13.8 Å². The second-order valence-electron chi connectivity index (χ2n) is 7.82. The van der Waals surface area contributed by atoms with Crippen LogP contribution in [0.3, 0.4) is 0 Å². The average Bonchev–Trinajstić information content (AvgIpc) is 3.06. The molecule has 0 spiro atoms. The highest BCUT2D eigenvalue weighted by Crippen LogP contribution is 2.37. The van der Waals surface area contributed by atoms with Gasteiger partial charge in [-0.3, -0.25) is 4.90 Å². The van der Waals surface area contributed by atoms with E-state index in [2.05, 4.69) is 19.9 Å². The molecule has 2 fully saturated rings. The third-order valence-electron chi connectivity index (χ3n) is 5.56. The van der Waals surface area contributed by atoms with Gasteiger partial charge in [0.15, 0.2) is 5.69 Å². The summed E-state index contributed by atoms with van der Waals surface area (Å²) in [6, 6.07) is 0.961. The Morgan fingerprint density at radius 1 is 1.21 bits per heavy atom. The maximum atomic E-state index is 13.7. The minimum atomic E-state index is -4.79. The molecule has 2 atom stereocenters. The van der Waals surface area contributed by atoms with Crippen molar-refractivity contribution in [2.75, 3.05) is 41.8 Å². The second-order valence-corrected chi connectivity index (χ2v) is 7.82. The summed E-state index contributed by atoms with van der Waals surface area (Å²) in [5.74, 6) is -0.190. The molecule has 0 aliphatic carbocycles. The molecule has 0 bridgehead atoms. The monoisotopic (exact) mass is 467 g/mol. The molecule has 0 aromatic carbocycles. The van der Waals surface area contributed by atoms with Crippen LogP contribution in [0.15, 0.2) is 12.3 Å². The molecule has 178 valence electrons. The molecular formula is C20H24F3N7O3. The number of carbonyl (C=O) groups is 1. The molecule has 0 radical (unpaired) electrons. The number of rotatable bonds is 5. The smallest absolute Gasteiger partial charge is 0.434 e. The fraction of sp³-hybridized carbons (Fsp3) is 0.550. The van der Waals surface area contributed by atoms with Crippen molar-refractivity contribution in [2.45, 2.75) is 45.0 Å². The van der Waals surface area contributed by atoms with E-state index < -0.39 is 23.9 Å². The van der Waals surface area contributed by atoms with E-state index in [1.54, 1.807) is 4.90 Å². The number of nitrogens with zero attached hydrogens (tertiary/aromatic N) is 6. The van der Waals surface area contributed by atoms with Crippen LogP contribution < -0.4 is 15.5 Å². The lowest BCUT2D eigenvalue weighted by molar-refractivity contribution is -0.140. The molecular weight excluding hydrogens is 443 g/mol. The molecule has 4 heterocycles. The van der Waals surface area contributed by atoms with Crippen LogP contribution in [0.4, 0.5) is 35.7 Å². The summed E-state index contributed by atoms with van der Waals surface area (Å²) >= 11 is 0. The van der Waals surface area contributed by atoms with Gasteiger partial charge in [0.05, 0.1) is 24.9 Å². The van der Waals surface area contributed by atoms with Crippen molar-refractivity contribution in [1.29, 1.82) is 0 Å². The summed E-state index contributed by atoms with van der Waals surface area (Å²) < 4.78 is 52.0. The van der Waals surface area contributed by atoms with Gasteiger partial charge in [-0.05, 0) is 13.3 Å². The fourth-order valence-electron chi connectivity index (χ4n) is 3.89. The molecule has 2 unspecified atom stereocenters. The fourth-order valence-corrected chi connectivity index (χ4v) is 3.89. The number of aromatic nitrogens is 4. The molecule has 4 rings (SSSR count). The highest BCUT2D eigenvalue weighted by molar-refractivity contribution is 5.90. The van der Waals surface area contributed by atoms with Gasteiger partial charge in [-0.2, -0.15) is 18.2 Å². The first-order valence-electron chi connectivity index (χ1n) is 10.6. The van der Waals surface area contributed by atoms with Crippen LogP contribution >= 0.6 is 0 Å². The number of halogens is 3. The van der Waals surface area contributed by atoms with Gasteiger partial charge in [-0.15, -0.1) is 0 Å². The predicted molar refractivity (Wildman–Crippen MR) is 113 cm³/mol. The molecule has 2 aliphatic rings. The lowest BCUT2D eigenvalue weighted by Gasteiger charge is -2.28. The van der Waals surface area contributed by atoms with Crippen LogP contribution in [0.2, 0.25) is 0 Å². The maximum absolute atomic E-state index is 13.7. The zero-order valence-electron chi connectivity index (χ0n) is 18.2. The van der Waals surface area contributed by atoms with Gasteiger partial charge < -0.3 is 20.1 Å². The van der Waals surface area contributed by atoms with Gasteiger partial charge >= 0.3 is 12.3 Å². The zero-order valence-corrected chi connectivity index (χ0v) is 18.2. The van der Waals surface area contributed by atoms with Crippen molar-refractivity contribution in [2.24, 2.45) is 0 Å². The molecule has 2 aliphatic heterocycles. The van der Waals surface area contributed by atoms with Crippen molar-refractivity contribution in [3.63, 3.8) is 0 Å². The van der Waals surface area contributed by atoms with E-state index in [9.17, 15) is 18.0 Å². The summed E-state index contributed by atoms with van der Waals surface area (Å²) in [4.78, 5) is 31.8. The van der Waals surface area contributed by atoms with Crippen molar-refractivity contribution < 1.29 is 27.4 Å². The summed E-state index contributed by atoms with van der Waals surface area (Å²) in [7, 11) is 0. The number of carbonyl (C=O) groups excluding carboxylic acids is 1. The Bertz CT molecular complexity index is 1030. The first-order chi connectivity index (χ1) is 15.7. The summed E-state index contributed by atoms with van der Waals surface area (Å²) in [5, 5.41) is 0. The highest BCUT2D eigenvalue weighted by Gasteiger charge is 2.41. The highest BCUT2D eigenvalue weighted by atomic mass is 19.4. The molecule has 2 N–H and O–H groups in total. The first-order valence-corrected chi connectivity index (χ1v) is 10.6. The number of nitrogens with two attached hydrogens (primary N) is 1. The normalized spacial score (nSPS) is 21.4. The Labute approximate surface area is 187 Å². The third-order valence-corrected chi connectivity index (χ3v) is 5.56. The van der Waals surface area contributed by atoms with Crippen molar-refractivity contribution in [3.8, 4) is 11.3 Å². The number of ether oxygens (including phenoxy) is 2. The van der Waals surface area contributed by atoms with Gasteiger partial charge in [-0.1, -0.05) is 13.3 Å². The topological polar surface area (TPSA) is 120 Å². The van der Waals surface area contributed by atoms with Crippen LogP contribution in [-0.2, 0) is 15.7 Å². The van der Waals surface area contributed by atoms with E-state index in [0.29, 0.717) is 32.7 Å². The Hall–Kier alpha value is -3.22. The van der Waals surface area contributed by atoms with Crippen LogP contribution in [0.5, 0.6) is 0 Å². The minimum Gasteiger partial charge on any atom is -0.444 e. The molecule has 13 heteroatoms. The number of hydrogen-bond acceptors (Lipinski definition) is 9. The zero-order chi connectivity index (χ0) is 23.8. The lowest BCUT2D eigenvalue weighted by Crippen LogP contribution is -2.39. The Morgan fingerprint density at radius 2 is 1.94 bits per heavy atom. The standard InChI is InChI=1S/C20H24F3N7O3/c1-3-4-14-11(2)30(19(31)33-14)15-9-13(26-18(27-15)29-5-7-32-8-6-29)12-10-25-17(24)28-16(12)20(21,22)23/h9-11,14H,3-8H2,1-2H3,(H2,24,25,28). The second kappa shape index (κ2) is 8.96. The Morgan fingerprint density at radius 3 is 2.61 bits per heavy atom.